The second-order valence-corrected chi connectivity index (χ2v) is 9.32. The first-order chi connectivity index (χ1) is 14.5. The lowest BCUT2D eigenvalue weighted by Gasteiger charge is -2.47. The van der Waals surface area contributed by atoms with Crippen LogP contribution in [0, 0.1) is 11.8 Å². The standard InChI is InChI=1S/C19H26F2N4O5S/c1-7-13-12(8(2)23-17(27)16(20)21)18(28)25(13)14(19(29)30)15(7)31-6-11-4-10(22)5-24(11)9(3)26/h7-8,10-13,16H,4-6,22H2,1-3H3,(H,23,27)(H,29,30)/t7-,8-,10+,11-,12-,13-/m1/s1. The largest absolute Gasteiger partial charge is 0.477 e. The van der Waals surface area contributed by atoms with Crippen molar-refractivity contribution in [3.63, 3.8) is 0 Å². The highest BCUT2D eigenvalue weighted by atomic mass is 32.2. The van der Waals surface area contributed by atoms with E-state index in [2.05, 4.69) is 5.32 Å². The minimum absolute atomic E-state index is 0.104. The highest BCUT2D eigenvalue weighted by Crippen LogP contribution is 2.50. The highest BCUT2D eigenvalue weighted by molar-refractivity contribution is 8.03. The topological polar surface area (TPSA) is 133 Å². The molecule has 31 heavy (non-hydrogen) atoms. The van der Waals surface area contributed by atoms with E-state index in [-0.39, 0.29) is 29.6 Å². The molecule has 3 heterocycles. The SMILES string of the molecule is CC(=O)N1C[C@@H](N)C[C@@H]1CSC1=C(C(=O)O)N2C(=O)[C@H]([C@@H](C)NC(=O)C(F)F)[C@H]2[C@H]1C. The number of carbonyl (C=O) groups excluding carboxylic acids is 3. The molecule has 172 valence electrons. The fourth-order valence-corrected chi connectivity index (χ4v) is 6.21. The zero-order valence-electron chi connectivity index (χ0n) is 17.4. The molecular weight excluding hydrogens is 434 g/mol. The summed E-state index contributed by atoms with van der Waals surface area (Å²) in [6.07, 6.45) is -2.60. The fraction of sp³-hybridized carbons (Fsp3) is 0.684. The molecular formula is C19H26F2N4O5S. The Morgan fingerprint density at radius 1 is 1.35 bits per heavy atom. The molecule has 0 saturated carbocycles. The van der Waals surface area contributed by atoms with E-state index in [0.29, 0.717) is 23.6 Å². The van der Waals surface area contributed by atoms with Gasteiger partial charge in [0, 0.05) is 48.2 Å². The summed E-state index contributed by atoms with van der Waals surface area (Å²) in [5, 5.41) is 11.9. The van der Waals surface area contributed by atoms with E-state index in [1.165, 1.54) is 30.5 Å². The molecule has 2 saturated heterocycles. The monoisotopic (exact) mass is 460 g/mol. The number of carboxylic acids is 1. The smallest absolute Gasteiger partial charge is 0.353 e. The van der Waals surface area contributed by atoms with Crippen molar-refractivity contribution in [2.75, 3.05) is 12.3 Å². The van der Waals surface area contributed by atoms with Crippen LogP contribution >= 0.6 is 11.8 Å². The van der Waals surface area contributed by atoms with Gasteiger partial charge in [0.25, 0.3) is 5.91 Å². The average molecular weight is 461 g/mol. The van der Waals surface area contributed by atoms with E-state index in [1.54, 1.807) is 11.8 Å². The summed E-state index contributed by atoms with van der Waals surface area (Å²) >= 11 is 1.28. The number of carbonyl (C=O) groups is 4. The van der Waals surface area contributed by atoms with Crippen LogP contribution in [0.25, 0.3) is 0 Å². The molecule has 0 spiro atoms. The number of nitrogens with two attached hydrogens (primary N) is 1. The van der Waals surface area contributed by atoms with E-state index in [4.69, 9.17) is 5.73 Å². The number of hydrogen-bond acceptors (Lipinski definition) is 6. The Kier molecular flexibility index (Phi) is 6.61. The Labute approximate surface area is 182 Å². The average Bonchev–Trinajstić information content (AvgIpc) is 3.15. The number of likely N-dealkylation sites (tertiary alicyclic amines) is 1. The summed E-state index contributed by atoms with van der Waals surface area (Å²) in [6.45, 7) is 5.14. The lowest BCUT2D eigenvalue weighted by molar-refractivity contribution is -0.159. The Morgan fingerprint density at radius 2 is 2.00 bits per heavy atom. The number of nitrogens with zero attached hydrogens (tertiary/aromatic N) is 2. The van der Waals surface area contributed by atoms with Crippen LogP contribution in [0.4, 0.5) is 8.78 Å². The minimum Gasteiger partial charge on any atom is -0.477 e. The van der Waals surface area contributed by atoms with Gasteiger partial charge in [0.15, 0.2) is 0 Å². The van der Waals surface area contributed by atoms with Gasteiger partial charge in [-0.2, -0.15) is 8.78 Å². The number of aliphatic carboxylic acids is 1. The van der Waals surface area contributed by atoms with Gasteiger partial charge in [-0.05, 0) is 13.3 Å². The van der Waals surface area contributed by atoms with Crippen LogP contribution in [0.5, 0.6) is 0 Å². The summed E-state index contributed by atoms with van der Waals surface area (Å²) in [5.41, 5.74) is 5.86. The number of β-lactam (4-membered cyclic amide) rings is 1. The van der Waals surface area contributed by atoms with E-state index in [9.17, 15) is 33.1 Å². The number of thioether (sulfide) groups is 1. The van der Waals surface area contributed by atoms with Gasteiger partial charge in [-0.15, -0.1) is 11.8 Å². The van der Waals surface area contributed by atoms with Gasteiger partial charge in [0.1, 0.15) is 5.70 Å². The number of alkyl halides is 2. The second kappa shape index (κ2) is 8.73. The van der Waals surface area contributed by atoms with Crippen molar-refractivity contribution in [1.82, 2.24) is 15.1 Å². The quantitative estimate of drug-likeness (QED) is 0.463. The van der Waals surface area contributed by atoms with Crippen molar-refractivity contribution in [2.24, 2.45) is 17.6 Å². The minimum atomic E-state index is -3.20. The third kappa shape index (κ3) is 4.14. The van der Waals surface area contributed by atoms with Crippen molar-refractivity contribution in [1.29, 1.82) is 0 Å². The molecule has 0 aromatic carbocycles. The van der Waals surface area contributed by atoms with E-state index in [1.807, 2.05) is 0 Å². The number of rotatable bonds is 7. The third-order valence-corrected chi connectivity index (χ3v) is 7.61. The van der Waals surface area contributed by atoms with Crippen LogP contribution < -0.4 is 11.1 Å². The number of fused-ring (bicyclic) bond motifs is 1. The molecule has 12 heteroatoms. The Morgan fingerprint density at radius 3 is 2.55 bits per heavy atom. The van der Waals surface area contributed by atoms with Crippen molar-refractivity contribution < 1.29 is 33.1 Å². The van der Waals surface area contributed by atoms with Gasteiger partial charge in [-0.25, -0.2) is 4.79 Å². The van der Waals surface area contributed by atoms with Crippen LogP contribution in [0.2, 0.25) is 0 Å². The molecule has 4 N–H and O–H groups in total. The molecule has 0 aromatic rings. The van der Waals surface area contributed by atoms with E-state index < -0.39 is 42.2 Å². The summed E-state index contributed by atoms with van der Waals surface area (Å²) in [5.74, 6) is -4.05. The van der Waals surface area contributed by atoms with Crippen molar-refractivity contribution in [3.05, 3.63) is 10.6 Å². The molecule has 6 atom stereocenters. The molecule has 3 rings (SSSR count). The van der Waals surface area contributed by atoms with Gasteiger partial charge in [0.05, 0.1) is 12.0 Å². The maximum absolute atomic E-state index is 12.7. The predicted octanol–water partition coefficient (Wildman–Crippen LogP) is 0.210. The Balaban J connectivity index is 1.76. The first-order valence-electron chi connectivity index (χ1n) is 10.00. The van der Waals surface area contributed by atoms with E-state index >= 15 is 0 Å². The molecule has 0 aromatic heterocycles. The van der Waals surface area contributed by atoms with Gasteiger partial charge < -0.3 is 26.0 Å². The first kappa shape index (κ1) is 23.5. The number of halogens is 2. The number of nitrogens with one attached hydrogen (secondary N) is 1. The molecule has 3 aliphatic rings. The lowest BCUT2D eigenvalue weighted by atomic mass is 9.78. The molecule has 0 aliphatic carbocycles. The summed E-state index contributed by atoms with van der Waals surface area (Å²) < 4.78 is 25.2. The highest BCUT2D eigenvalue weighted by Gasteiger charge is 2.60. The maximum Gasteiger partial charge on any atom is 0.353 e. The molecule has 3 aliphatic heterocycles. The fourth-order valence-electron chi connectivity index (χ4n) is 4.79. The van der Waals surface area contributed by atoms with Crippen molar-refractivity contribution in [2.45, 2.75) is 57.8 Å². The normalized spacial score (nSPS) is 31.1. The summed E-state index contributed by atoms with van der Waals surface area (Å²) in [6, 6.07) is -1.69. The predicted molar refractivity (Wildman–Crippen MR) is 108 cm³/mol. The molecule has 0 bridgehead atoms. The van der Waals surface area contributed by atoms with Crippen LogP contribution in [-0.4, -0.2) is 81.5 Å². The van der Waals surface area contributed by atoms with Gasteiger partial charge in [0.2, 0.25) is 11.8 Å². The van der Waals surface area contributed by atoms with Gasteiger partial charge in [-0.3, -0.25) is 14.4 Å². The first-order valence-corrected chi connectivity index (χ1v) is 11.0. The van der Waals surface area contributed by atoms with Crippen LogP contribution in [0.15, 0.2) is 10.6 Å². The van der Waals surface area contributed by atoms with Crippen molar-refractivity contribution >= 4 is 35.5 Å². The van der Waals surface area contributed by atoms with Crippen molar-refractivity contribution in [3.8, 4) is 0 Å². The molecule has 9 nitrogen and oxygen atoms in total. The van der Waals surface area contributed by atoms with Crippen LogP contribution in [-0.2, 0) is 19.2 Å². The Bertz CT molecular complexity index is 838. The maximum atomic E-state index is 12.7. The molecule has 3 amide bonds. The number of amides is 3. The van der Waals surface area contributed by atoms with Gasteiger partial charge in [-0.1, -0.05) is 6.92 Å². The summed E-state index contributed by atoms with van der Waals surface area (Å²) in [7, 11) is 0. The second-order valence-electron chi connectivity index (χ2n) is 8.26. The zero-order valence-corrected chi connectivity index (χ0v) is 18.2. The van der Waals surface area contributed by atoms with E-state index in [0.717, 1.165) is 0 Å². The number of carboxylic acid groups (broad SMARTS) is 1. The van der Waals surface area contributed by atoms with Crippen LogP contribution in [0.3, 0.4) is 0 Å². The third-order valence-electron chi connectivity index (χ3n) is 6.18. The molecule has 0 unspecified atom stereocenters. The lowest BCUT2D eigenvalue weighted by Crippen LogP contribution is -2.66. The molecule has 0 radical (unpaired) electrons. The van der Waals surface area contributed by atoms with Crippen LogP contribution in [0.1, 0.15) is 27.2 Å². The van der Waals surface area contributed by atoms with Gasteiger partial charge >= 0.3 is 12.4 Å². The Hall–Kier alpha value is -2.21. The number of hydrogen-bond donors (Lipinski definition) is 3. The molecule has 2 fully saturated rings. The zero-order chi connectivity index (χ0) is 23.2. The summed E-state index contributed by atoms with van der Waals surface area (Å²) in [4.78, 5) is 51.2.